The molecular weight excluding hydrogens is 254 g/mol. The SMILES string of the molecule is CCCNC(=O)CNc1ncnc(NCC)c1C(C)C. The van der Waals surface area contributed by atoms with Crippen molar-refractivity contribution in [2.75, 3.05) is 30.3 Å². The van der Waals surface area contributed by atoms with Crippen molar-refractivity contribution in [3.05, 3.63) is 11.9 Å². The average Bonchev–Trinajstić information content (AvgIpc) is 2.43. The van der Waals surface area contributed by atoms with E-state index in [2.05, 4.69) is 39.8 Å². The van der Waals surface area contributed by atoms with Gasteiger partial charge in [-0.2, -0.15) is 0 Å². The summed E-state index contributed by atoms with van der Waals surface area (Å²) in [5, 5.41) is 9.16. The molecule has 0 bridgehead atoms. The Labute approximate surface area is 120 Å². The molecule has 1 aromatic rings. The van der Waals surface area contributed by atoms with Crippen LogP contribution in [-0.4, -0.2) is 35.5 Å². The van der Waals surface area contributed by atoms with Crippen LogP contribution in [0.15, 0.2) is 6.33 Å². The molecule has 20 heavy (non-hydrogen) atoms. The van der Waals surface area contributed by atoms with Crippen molar-refractivity contribution in [3.63, 3.8) is 0 Å². The highest BCUT2D eigenvalue weighted by Crippen LogP contribution is 2.27. The number of nitrogens with one attached hydrogen (secondary N) is 3. The normalized spacial score (nSPS) is 10.4. The molecule has 1 amide bonds. The third kappa shape index (κ3) is 4.68. The molecule has 1 rings (SSSR count). The van der Waals surface area contributed by atoms with Crippen LogP contribution in [0.5, 0.6) is 0 Å². The summed E-state index contributed by atoms with van der Waals surface area (Å²) in [5.41, 5.74) is 1.01. The summed E-state index contributed by atoms with van der Waals surface area (Å²) in [6.45, 7) is 9.94. The van der Waals surface area contributed by atoms with Gasteiger partial charge < -0.3 is 16.0 Å². The molecule has 0 saturated carbocycles. The van der Waals surface area contributed by atoms with Gasteiger partial charge in [0.15, 0.2) is 0 Å². The van der Waals surface area contributed by atoms with E-state index in [9.17, 15) is 4.79 Å². The molecule has 0 aliphatic carbocycles. The molecule has 0 aromatic carbocycles. The summed E-state index contributed by atoms with van der Waals surface area (Å²) in [6, 6.07) is 0. The lowest BCUT2D eigenvalue weighted by Gasteiger charge is -2.17. The highest BCUT2D eigenvalue weighted by molar-refractivity contribution is 5.80. The quantitative estimate of drug-likeness (QED) is 0.678. The van der Waals surface area contributed by atoms with Gasteiger partial charge in [0, 0.05) is 18.7 Å². The summed E-state index contributed by atoms with van der Waals surface area (Å²) >= 11 is 0. The number of aromatic nitrogens is 2. The van der Waals surface area contributed by atoms with E-state index < -0.39 is 0 Å². The lowest BCUT2D eigenvalue weighted by atomic mass is 10.0. The monoisotopic (exact) mass is 279 g/mol. The lowest BCUT2D eigenvalue weighted by molar-refractivity contribution is -0.119. The molecule has 1 heterocycles. The molecule has 112 valence electrons. The van der Waals surface area contributed by atoms with Crippen molar-refractivity contribution < 1.29 is 4.79 Å². The van der Waals surface area contributed by atoms with Gasteiger partial charge in [-0.05, 0) is 19.3 Å². The van der Waals surface area contributed by atoms with Crippen LogP contribution in [0.25, 0.3) is 0 Å². The number of rotatable bonds is 8. The van der Waals surface area contributed by atoms with Crippen LogP contribution in [-0.2, 0) is 4.79 Å². The molecule has 1 aromatic heterocycles. The van der Waals surface area contributed by atoms with Crippen molar-refractivity contribution in [1.29, 1.82) is 0 Å². The Morgan fingerprint density at radius 1 is 1.20 bits per heavy atom. The summed E-state index contributed by atoms with van der Waals surface area (Å²) < 4.78 is 0. The van der Waals surface area contributed by atoms with E-state index in [0.717, 1.165) is 30.2 Å². The minimum absolute atomic E-state index is 0.0230. The van der Waals surface area contributed by atoms with Crippen molar-refractivity contribution in [3.8, 4) is 0 Å². The van der Waals surface area contributed by atoms with E-state index in [1.165, 1.54) is 6.33 Å². The van der Waals surface area contributed by atoms with Gasteiger partial charge in [0.1, 0.15) is 18.0 Å². The fourth-order valence-electron chi connectivity index (χ4n) is 1.88. The molecule has 0 radical (unpaired) electrons. The van der Waals surface area contributed by atoms with Gasteiger partial charge >= 0.3 is 0 Å². The van der Waals surface area contributed by atoms with Crippen molar-refractivity contribution >= 4 is 17.5 Å². The average molecular weight is 279 g/mol. The van der Waals surface area contributed by atoms with Gasteiger partial charge in [0.25, 0.3) is 0 Å². The predicted octanol–water partition coefficient (Wildman–Crippen LogP) is 1.97. The first-order valence-corrected chi connectivity index (χ1v) is 7.19. The Kier molecular flexibility index (Phi) is 6.76. The van der Waals surface area contributed by atoms with Crippen LogP contribution in [0, 0.1) is 0 Å². The zero-order valence-corrected chi connectivity index (χ0v) is 12.8. The topological polar surface area (TPSA) is 78.9 Å². The third-order valence-corrected chi connectivity index (χ3v) is 2.79. The van der Waals surface area contributed by atoms with Gasteiger partial charge in [-0.1, -0.05) is 20.8 Å². The van der Waals surface area contributed by atoms with E-state index in [0.29, 0.717) is 6.54 Å². The largest absolute Gasteiger partial charge is 0.370 e. The molecule has 0 atom stereocenters. The Morgan fingerprint density at radius 2 is 1.85 bits per heavy atom. The van der Waals surface area contributed by atoms with Gasteiger partial charge in [-0.25, -0.2) is 9.97 Å². The number of nitrogens with zero attached hydrogens (tertiary/aromatic N) is 2. The van der Waals surface area contributed by atoms with E-state index in [4.69, 9.17) is 0 Å². The molecular formula is C14H25N5O. The Bertz CT molecular complexity index is 434. The Balaban J connectivity index is 2.78. The van der Waals surface area contributed by atoms with E-state index in [1.807, 2.05) is 13.8 Å². The zero-order valence-electron chi connectivity index (χ0n) is 12.8. The minimum atomic E-state index is -0.0230. The molecule has 0 saturated heterocycles. The van der Waals surface area contributed by atoms with E-state index in [-0.39, 0.29) is 18.4 Å². The Morgan fingerprint density at radius 3 is 2.40 bits per heavy atom. The van der Waals surface area contributed by atoms with E-state index >= 15 is 0 Å². The summed E-state index contributed by atoms with van der Waals surface area (Å²) in [6.07, 6.45) is 2.44. The first-order chi connectivity index (χ1) is 9.60. The van der Waals surface area contributed by atoms with Crippen LogP contribution in [0.4, 0.5) is 11.6 Å². The molecule has 0 spiro atoms. The zero-order chi connectivity index (χ0) is 15.0. The summed E-state index contributed by atoms with van der Waals surface area (Å²) in [4.78, 5) is 20.2. The first-order valence-electron chi connectivity index (χ1n) is 7.19. The van der Waals surface area contributed by atoms with Crippen molar-refractivity contribution in [1.82, 2.24) is 15.3 Å². The Hall–Kier alpha value is -1.85. The second-order valence-corrected chi connectivity index (χ2v) is 4.87. The van der Waals surface area contributed by atoms with Gasteiger partial charge in [0.05, 0.1) is 6.54 Å². The second kappa shape index (κ2) is 8.35. The molecule has 6 nitrogen and oxygen atoms in total. The van der Waals surface area contributed by atoms with Gasteiger partial charge in [-0.15, -0.1) is 0 Å². The molecule has 0 aliphatic rings. The van der Waals surface area contributed by atoms with Crippen molar-refractivity contribution in [2.24, 2.45) is 0 Å². The standard InChI is InChI=1S/C14H25N5O/c1-5-7-16-11(20)8-17-14-12(10(3)4)13(15-6-2)18-9-19-14/h9-10H,5-8H2,1-4H3,(H,16,20)(H2,15,17,18,19). The maximum atomic E-state index is 11.6. The first kappa shape index (κ1) is 16.2. The molecule has 3 N–H and O–H groups in total. The maximum Gasteiger partial charge on any atom is 0.239 e. The minimum Gasteiger partial charge on any atom is -0.370 e. The second-order valence-electron chi connectivity index (χ2n) is 4.87. The summed E-state index contributed by atoms with van der Waals surface area (Å²) in [7, 11) is 0. The predicted molar refractivity (Wildman–Crippen MR) is 82.1 cm³/mol. The van der Waals surface area contributed by atoms with Crippen LogP contribution in [0.1, 0.15) is 45.6 Å². The molecule has 0 fully saturated rings. The summed E-state index contributed by atoms with van der Waals surface area (Å²) in [5.74, 6) is 1.79. The number of hydrogen-bond acceptors (Lipinski definition) is 5. The molecule has 0 unspecified atom stereocenters. The van der Waals surface area contributed by atoms with Crippen LogP contribution < -0.4 is 16.0 Å². The smallest absolute Gasteiger partial charge is 0.239 e. The highest BCUT2D eigenvalue weighted by atomic mass is 16.1. The molecule has 0 aliphatic heterocycles. The fourth-order valence-corrected chi connectivity index (χ4v) is 1.88. The third-order valence-electron chi connectivity index (χ3n) is 2.79. The number of amides is 1. The number of anilines is 2. The van der Waals surface area contributed by atoms with Gasteiger partial charge in [0.2, 0.25) is 5.91 Å². The van der Waals surface area contributed by atoms with E-state index in [1.54, 1.807) is 0 Å². The maximum absolute atomic E-state index is 11.6. The van der Waals surface area contributed by atoms with Gasteiger partial charge in [-0.3, -0.25) is 4.79 Å². The van der Waals surface area contributed by atoms with Crippen LogP contribution in [0.2, 0.25) is 0 Å². The number of hydrogen-bond donors (Lipinski definition) is 3. The number of carbonyl (C=O) groups excluding carboxylic acids is 1. The highest BCUT2D eigenvalue weighted by Gasteiger charge is 2.15. The molecule has 6 heteroatoms. The van der Waals surface area contributed by atoms with Crippen LogP contribution >= 0.6 is 0 Å². The van der Waals surface area contributed by atoms with Crippen molar-refractivity contribution in [2.45, 2.75) is 40.0 Å². The fraction of sp³-hybridized carbons (Fsp3) is 0.643. The lowest BCUT2D eigenvalue weighted by Crippen LogP contribution is -2.30. The number of carbonyl (C=O) groups is 1. The van der Waals surface area contributed by atoms with Crippen LogP contribution in [0.3, 0.4) is 0 Å².